The number of imidazole rings is 1. The number of rotatable bonds is 4. The predicted octanol–water partition coefficient (Wildman–Crippen LogP) is 4.20. The molecule has 6 heteroatoms. The van der Waals surface area contributed by atoms with Crippen LogP contribution < -0.4 is 0 Å². The van der Waals surface area contributed by atoms with E-state index in [1.54, 1.807) is 0 Å². The summed E-state index contributed by atoms with van der Waals surface area (Å²) in [5.74, 6) is 1.49. The third kappa shape index (κ3) is 3.50. The normalized spacial score (nSPS) is 24.5. The Balaban J connectivity index is 1.49. The van der Waals surface area contributed by atoms with Crippen molar-refractivity contribution in [3.8, 4) is 11.4 Å². The highest BCUT2D eigenvalue weighted by molar-refractivity contribution is 5.70. The number of carboxylic acid groups (broad SMARTS) is 1. The fourth-order valence-electron chi connectivity index (χ4n) is 4.46. The topological polar surface area (TPSA) is 80.9 Å². The van der Waals surface area contributed by atoms with Gasteiger partial charge in [0.2, 0.25) is 0 Å². The van der Waals surface area contributed by atoms with E-state index in [1.807, 2.05) is 24.8 Å². The Bertz CT molecular complexity index is 741. The summed E-state index contributed by atoms with van der Waals surface area (Å²) in [6.45, 7) is 0. The van der Waals surface area contributed by atoms with E-state index in [1.165, 1.54) is 32.1 Å². The summed E-state index contributed by atoms with van der Waals surface area (Å²) >= 11 is 0. The smallest absolute Gasteiger partial charge is 0.306 e. The van der Waals surface area contributed by atoms with Gasteiger partial charge in [-0.3, -0.25) is 4.79 Å². The standard InChI is InChI=1S/C20H26N4O2/c25-20(26)15-6-8-17(9-7-15)24-11-10-21-19(24)16-12-22-18(23-13-16)14-4-2-1-3-5-14/h10-15,17H,1-9H2,(H,25,26). The molecule has 0 unspecified atom stereocenters. The van der Waals surface area contributed by atoms with Gasteiger partial charge in [0.25, 0.3) is 0 Å². The van der Waals surface area contributed by atoms with Crippen molar-refractivity contribution >= 4 is 5.97 Å². The van der Waals surface area contributed by atoms with Crippen molar-refractivity contribution in [1.82, 2.24) is 19.5 Å². The molecule has 2 fully saturated rings. The lowest BCUT2D eigenvalue weighted by atomic mass is 9.86. The molecule has 0 bridgehead atoms. The number of hydrogen-bond donors (Lipinski definition) is 1. The van der Waals surface area contributed by atoms with Crippen molar-refractivity contribution in [3.05, 3.63) is 30.6 Å². The van der Waals surface area contributed by atoms with Gasteiger partial charge in [-0.1, -0.05) is 19.3 Å². The summed E-state index contributed by atoms with van der Waals surface area (Å²) in [5, 5.41) is 9.19. The second-order valence-corrected chi connectivity index (χ2v) is 7.67. The molecule has 0 radical (unpaired) electrons. The summed E-state index contributed by atoms with van der Waals surface area (Å²) in [6, 6.07) is 0.307. The highest BCUT2D eigenvalue weighted by atomic mass is 16.4. The summed E-state index contributed by atoms with van der Waals surface area (Å²) < 4.78 is 2.18. The molecule has 2 heterocycles. The van der Waals surface area contributed by atoms with E-state index in [2.05, 4.69) is 19.5 Å². The minimum absolute atomic E-state index is 0.198. The van der Waals surface area contributed by atoms with E-state index in [4.69, 9.17) is 0 Å². The minimum Gasteiger partial charge on any atom is -0.481 e. The van der Waals surface area contributed by atoms with Crippen LogP contribution in [0.2, 0.25) is 0 Å². The highest BCUT2D eigenvalue weighted by Crippen LogP contribution is 2.35. The second kappa shape index (κ2) is 7.56. The monoisotopic (exact) mass is 354 g/mol. The Labute approximate surface area is 153 Å². The van der Waals surface area contributed by atoms with Gasteiger partial charge in [0.15, 0.2) is 0 Å². The molecule has 0 spiro atoms. The maximum atomic E-state index is 11.2. The van der Waals surface area contributed by atoms with Crippen LogP contribution in [-0.2, 0) is 4.79 Å². The molecule has 0 aromatic carbocycles. The van der Waals surface area contributed by atoms with Gasteiger partial charge in [0.05, 0.1) is 11.5 Å². The Morgan fingerprint density at radius 2 is 1.65 bits per heavy atom. The van der Waals surface area contributed by atoms with Crippen LogP contribution in [0.15, 0.2) is 24.8 Å². The average molecular weight is 354 g/mol. The van der Waals surface area contributed by atoms with Crippen LogP contribution in [0.25, 0.3) is 11.4 Å². The summed E-state index contributed by atoms with van der Waals surface area (Å²) in [5.41, 5.74) is 0.940. The van der Waals surface area contributed by atoms with E-state index >= 15 is 0 Å². The van der Waals surface area contributed by atoms with Gasteiger partial charge in [-0.05, 0) is 38.5 Å². The first-order valence-electron chi connectivity index (χ1n) is 9.80. The zero-order valence-electron chi connectivity index (χ0n) is 15.0. The second-order valence-electron chi connectivity index (χ2n) is 7.67. The molecule has 1 N–H and O–H groups in total. The maximum absolute atomic E-state index is 11.2. The van der Waals surface area contributed by atoms with Crippen molar-refractivity contribution in [1.29, 1.82) is 0 Å². The molecule has 0 amide bonds. The number of aromatic nitrogens is 4. The lowest BCUT2D eigenvalue weighted by molar-refractivity contribution is -0.143. The van der Waals surface area contributed by atoms with Gasteiger partial charge in [-0.2, -0.15) is 0 Å². The summed E-state index contributed by atoms with van der Waals surface area (Å²) in [7, 11) is 0. The van der Waals surface area contributed by atoms with Gasteiger partial charge in [-0.25, -0.2) is 15.0 Å². The molecular formula is C20H26N4O2. The number of carboxylic acids is 1. The van der Waals surface area contributed by atoms with Gasteiger partial charge >= 0.3 is 5.97 Å². The molecule has 4 rings (SSSR count). The Morgan fingerprint density at radius 3 is 2.31 bits per heavy atom. The molecule has 2 aliphatic rings. The molecule has 0 aliphatic heterocycles. The first kappa shape index (κ1) is 17.2. The predicted molar refractivity (Wildman–Crippen MR) is 97.7 cm³/mol. The van der Waals surface area contributed by atoms with Crippen LogP contribution in [0.3, 0.4) is 0 Å². The van der Waals surface area contributed by atoms with Crippen LogP contribution in [-0.4, -0.2) is 30.6 Å². The fraction of sp³-hybridized carbons (Fsp3) is 0.600. The van der Waals surface area contributed by atoms with Crippen LogP contribution in [0.4, 0.5) is 0 Å². The van der Waals surface area contributed by atoms with Gasteiger partial charge in [0.1, 0.15) is 11.6 Å². The zero-order chi connectivity index (χ0) is 17.9. The molecule has 2 aromatic heterocycles. The molecule has 26 heavy (non-hydrogen) atoms. The Kier molecular flexibility index (Phi) is 5.00. The molecule has 0 atom stereocenters. The van der Waals surface area contributed by atoms with Crippen LogP contribution in [0, 0.1) is 5.92 Å². The molecule has 138 valence electrons. The number of nitrogens with zero attached hydrogens (tertiary/aromatic N) is 4. The number of carbonyl (C=O) groups is 1. The van der Waals surface area contributed by atoms with E-state index in [-0.39, 0.29) is 5.92 Å². The Hall–Kier alpha value is -2.24. The first-order valence-corrected chi connectivity index (χ1v) is 9.80. The van der Waals surface area contributed by atoms with Gasteiger partial charge in [-0.15, -0.1) is 0 Å². The lowest BCUT2D eigenvalue weighted by Crippen LogP contribution is -2.23. The highest BCUT2D eigenvalue weighted by Gasteiger charge is 2.28. The molecule has 2 aliphatic carbocycles. The van der Waals surface area contributed by atoms with E-state index in [0.29, 0.717) is 12.0 Å². The first-order chi connectivity index (χ1) is 12.7. The van der Waals surface area contributed by atoms with Crippen molar-refractivity contribution in [2.45, 2.75) is 69.7 Å². The lowest BCUT2D eigenvalue weighted by Gasteiger charge is -2.28. The molecular weight excluding hydrogens is 328 g/mol. The van der Waals surface area contributed by atoms with Gasteiger partial charge < -0.3 is 9.67 Å². The third-order valence-corrected chi connectivity index (χ3v) is 6.01. The molecule has 0 saturated heterocycles. The number of hydrogen-bond acceptors (Lipinski definition) is 4. The van der Waals surface area contributed by atoms with Gasteiger partial charge in [0, 0.05) is 36.7 Å². The van der Waals surface area contributed by atoms with Crippen molar-refractivity contribution in [2.24, 2.45) is 5.92 Å². The molecule has 6 nitrogen and oxygen atoms in total. The van der Waals surface area contributed by atoms with Crippen LogP contribution in [0.1, 0.15) is 75.6 Å². The minimum atomic E-state index is -0.666. The fourth-order valence-corrected chi connectivity index (χ4v) is 4.46. The summed E-state index contributed by atoms with van der Waals surface area (Å²) in [6.07, 6.45) is 17.1. The van der Waals surface area contributed by atoms with Crippen LogP contribution >= 0.6 is 0 Å². The van der Waals surface area contributed by atoms with E-state index in [9.17, 15) is 9.90 Å². The van der Waals surface area contributed by atoms with E-state index < -0.39 is 5.97 Å². The SMILES string of the molecule is O=C(O)C1CCC(n2ccnc2-c2cnc(C3CCCCC3)nc2)CC1. The number of aliphatic carboxylic acids is 1. The Morgan fingerprint density at radius 1 is 0.962 bits per heavy atom. The largest absolute Gasteiger partial charge is 0.481 e. The van der Waals surface area contributed by atoms with Crippen molar-refractivity contribution < 1.29 is 9.90 Å². The summed E-state index contributed by atoms with van der Waals surface area (Å²) in [4.78, 5) is 25.0. The molecule has 2 aromatic rings. The molecule has 2 saturated carbocycles. The van der Waals surface area contributed by atoms with Crippen molar-refractivity contribution in [3.63, 3.8) is 0 Å². The quantitative estimate of drug-likeness (QED) is 0.890. The van der Waals surface area contributed by atoms with Crippen LogP contribution in [0.5, 0.6) is 0 Å². The zero-order valence-corrected chi connectivity index (χ0v) is 15.0. The average Bonchev–Trinajstić information content (AvgIpc) is 3.19. The maximum Gasteiger partial charge on any atom is 0.306 e. The third-order valence-electron chi connectivity index (χ3n) is 6.01. The van der Waals surface area contributed by atoms with E-state index in [0.717, 1.165) is 42.9 Å². The van der Waals surface area contributed by atoms with Crippen molar-refractivity contribution in [2.75, 3.05) is 0 Å².